The smallest absolute Gasteiger partial charge is 0.229 e. The number of rotatable bonds is 4. The molecule has 2 aromatic carbocycles. The highest BCUT2D eigenvalue weighted by Crippen LogP contribution is 2.29. The third-order valence-corrected chi connectivity index (χ3v) is 5.02. The van der Waals surface area contributed by atoms with Crippen LogP contribution in [0.15, 0.2) is 57.5 Å². The van der Waals surface area contributed by atoms with Crippen LogP contribution in [0.2, 0.25) is 0 Å². The summed E-state index contributed by atoms with van der Waals surface area (Å²) in [6.45, 7) is 2.05. The molecule has 1 saturated heterocycles. The van der Waals surface area contributed by atoms with Crippen LogP contribution in [0.3, 0.4) is 0 Å². The van der Waals surface area contributed by atoms with Gasteiger partial charge in [0, 0.05) is 41.3 Å². The van der Waals surface area contributed by atoms with Crippen molar-refractivity contribution >= 4 is 39.1 Å². The standard InChI is InChI=1S/C20H17BrN4O3/c1-12-22-19(24-28-12)13-4-2-7-17(8-13)25-11-14(9-18(25)26)20(27)23-16-6-3-5-15(21)10-16/h2-8,10,14H,9,11H2,1H3,(H,23,27)/t14-/m1/s1. The van der Waals surface area contributed by atoms with Crippen molar-refractivity contribution in [1.29, 1.82) is 0 Å². The van der Waals surface area contributed by atoms with Crippen molar-refractivity contribution in [2.24, 2.45) is 5.92 Å². The Bertz CT molecular complexity index is 1050. The molecular formula is C20H17BrN4O3. The molecule has 0 spiro atoms. The van der Waals surface area contributed by atoms with E-state index in [1.165, 1.54) is 0 Å². The van der Waals surface area contributed by atoms with Crippen molar-refractivity contribution in [3.05, 3.63) is 58.9 Å². The third-order valence-electron chi connectivity index (χ3n) is 4.53. The van der Waals surface area contributed by atoms with Crippen LogP contribution in [0.4, 0.5) is 11.4 Å². The van der Waals surface area contributed by atoms with Crippen LogP contribution in [0.25, 0.3) is 11.4 Å². The lowest BCUT2D eigenvalue weighted by Crippen LogP contribution is -2.28. The fourth-order valence-corrected chi connectivity index (χ4v) is 3.57. The van der Waals surface area contributed by atoms with Crippen LogP contribution in [-0.4, -0.2) is 28.5 Å². The molecule has 7 nitrogen and oxygen atoms in total. The van der Waals surface area contributed by atoms with Crippen molar-refractivity contribution in [3.8, 4) is 11.4 Å². The maximum Gasteiger partial charge on any atom is 0.229 e. The summed E-state index contributed by atoms with van der Waals surface area (Å²) in [7, 11) is 0. The number of amides is 2. The lowest BCUT2D eigenvalue weighted by Gasteiger charge is -2.17. The van der Waals surface area contributed by atoms with Crippen LogP contribution in [0.5, 0.6) is 0 Å². The lowest BCUT2D eigenvalue weighted by atomic mass is 10.1. The second-order valence-electron chi connectivity index (χ2n) is 6.59. The Balaban J connectivity index is 1.50. The number of nitrogens with one attached hydrogen (secondary N) is 1. The average molecular weight is 441 g/mol. The van der Waals surface area contributed by atoms with Gasteiger partial charge in [0.25, 0.3) is 0 Å². The minimum Gasteiger partial charge on any atom is -0.339 e. The van der Waals surface area contributed by atoms with E-state index in [2.05, 4.69) is 31.4 Å². The predicted molar refractivity (Wildman–Crippen MR) is 108 cm³/mol. The number of carbonyl (C=O) groups excluding carboxylic acids is 2. The van der Waals surface area contributed by atoms with Crippen LogP contribution in [0.1, 0.15) is 12.3 Å². The van der Waals surface area contributed by atoms with Gasteiger partial charge in [-0.05, 0) is 30.3 Å². The summed E-state index contributed by atoms with van der Waals surface area (Å²) in [5, 5.41) is 6.79. The van der Waals surface area contributed by atoms with E-state index in [1.807, 2.05) is 48.5 Å². The van der Waals surface area contributed by atoms with Crippen molar-refractivity contribution < 1.29 is 14.1 Å². The first kappa shape index (κ1) is 18.4. The van der Waals surface area contributed by atoms with Crippen molar-refractivity contribution in [1.82, 2.24) is 10.1 Å². The van der Waals surface area contributed by atoms with Gasteiger partial charge in [-0.1, -0.05) is 39.3 Å². The second kappa shape index (κ2) is 7.55. The van der Waals surface area contributed by atoms with Gasteiger partial charge in [-0.2, -0.15) is 4.98 Å². The van der Waals surface area contributed by atoms with Gasteiger partial charge in [-0.3, -0.25) is 9.59 Å². The summed E-state index contributed by atoms with van der Waals surface area (Å²) in [6.07, 6.45) is 0.172. The Kier molecular flexibility index (Phi) is 4.95. The van der Waals surface area contributed by atoms with E-state index < -0.39 is 5.92 Å². The SMILES string of the molecule is Cc1nc(-c2cccc(N3C[C@H](C(=O)Nc4cccc(Br)c4)CC3=O)c2)no1. The van der Waals surface area contributed by atoms with Crippen molar-refractivity contribution in [3.63, 3.8) is 0 Å². The van der Waals surface area contributed by atoms with E-state index in [0.29, 0.717) is 29.6 Å². The zero-order valence-corrected chi connectivity index (χ0v) is 16.6. The number of hydrogen-bond donors (Lipinski definition) is 1. The maximum absolute atomic E-state index is 12.6. The molecule has 1 fully saturated rings. The number of hydrogen-bond acceptors (Lipinski definition) is 5. The van der Waals surface area contributed by atoms with Gasteiger partial charge < -0.3 is 14.7 Å². The quantitative estimate of drug-likeness (QED) is 0.666. The Morgan fingerprint density at radius 2 is 2.07 bits per heavy atom. The van der Waals surface area contributed by atoms with Gasteiger partial charge in [0.1, 0.15) is 0 Å². The number of carbonyl (C=O) groups is 2. The normalized spacial score (nSPS) is 16.4. The second-order valence-corrected chi connectivity index (χ2v) is 7.51. The molecule has 0 bridgehead atoms. The average Bonchev–Trinajstić information content (AvgIpc) is 3.28. The molecule has 8 heteroatoms. The van der Waals surface area contributed by atoms with Crippen molar-refractivity contribution in [2.45, 2.75) is 13.3 Å². The Morgan fingerprint density at radius 1 is 1.25 bits per heavy atom. The molecule has 28 heavy (non-hydrogen) atoms. The molecule has 2 amide bonds. The minimum absolute atomic E-state index is 0.0872. The third kappa shape index (κ3) is 3.82. The topological polar surface area (TPSA) is 88.3 Å². The predicted octanol–water partition coefficient (Wildman–Crippen LogP) is 3.80. The molecule has 2 heterocycles. The summed E-state index contributed by atoms with van der Waals surface area (Å²) >= 11 is 3.38. The molecule has 0 radical (unpaired) electrons. The van der Waals surface area contributed by atoms with Crippen LogP contribution in [0, 0.1) is 12.8 Å². The highest BCUT2D eigenvalue weighted by molar-refractivity contribution is 9.10. The number of aromatic nitrogens is 2. The van der Waals surface area contributed by atoms with Crippen LogP contribution >= 0.6 is 15.9 Å². The van der Waals surface area contributed by atoms with Gasteiger partial charge >= 0.3 is 0 Å². The summed E-state index contributed by atoms with van der Waals surface area (Å²) < 4.78 is 5.90. The first-order valence-corrected chi connectivity index (χ1v) is 9.56. The van der Waals surface area contributed by atoms with E-state index >= 15 is 0 Å². The fourth-order valence-electron chi connectivity index (χ4n) is 3.17. The van der Waals surface area contributed by atoms with E-state index in [0.717, 1.165) is 10.0 Å². The Morgan fingerprint density at radius 3 is 2.82 bits per heavy atom. The zero-order valence-electron chi connectivity index (χ0n) is 15.1. The number of benzene rings is 2. The molecule has 1 N–H and O–H groups in total. The van der Waals surface area contributed by atoms with Gasteiger partial charge in [0.2, 0.25) is 23.5 Å². The molecule has 1 aromatic heterocycles. The summed E-state index contributed by atoms with van der Waals surface area (Å²) in [5.74, 6) is 0.272. The monoisotopic (exact) mass is 440 g/mol. The Labute approximate surface area is 169 Å². The zero-order chi connectivity index (χ0) is 19.7. The molecule has 1 atom stereocenters. The molecule has 142 valence electrons. The summed E-state index contributed by atoms with van der Waals surface area (Å²) in [5.41, 5.74) is 2.16. The molecule has 3 aromatic rings. The molecule has 0 saturated carbocycles. The molecule has 0 unspecified atom stereocenters. The van der Waals surface area contributed by atoms with Gasteiger partial charge in [-0.25, -0.2) is 0 Å². The summed E-state index contributed by atoms with van der Waals surface area (Å²) in [6, 6.07) is 14.7. The number of halogens is 1. The lowest BCUT2D eigenvalue weighted by molar-refractivity contribution is -0.122. The summed E-state index contributed by atoms with van der Waals surface area (Å²) in [4.78, 5) is 31.0. The number of aryl methyl sites for hydroxylation is 1. The van der Waals surface area contributed by atoms with E-state index in [-0.39, 0.29) is 18.2 Å². The van der Waals surface area contributed by atoms with Gasteiger partial charge in [0.15, 0.2) is 0 Å². The highest BCUT2D eigenvalue weighted by atomic mass is 79.9. The van der Waals surface area contributed by atoms with Gasteiger partial charge in [-0.15, -0.1) is 0 Å². The van der Waals surface area contributed by atoms with Crippen LogP contribution in [-0.2, 0) is 9.59 Å². The Hall–Kier alpha value is -3.00. The first-order valence-electron chi connectivity index (χ1n) is 8.77. The minimum atomic E-state index is -0.414. The molecule has 4 rings (SSSR count). The number of anilines is 2. The molecule has 1 aliphatic heterocycles. The van der Waals surface area contributed by atoms with Gasteiger partial charge in [0.05, 0.1) is 5.92 Å². The largest absolute Gasteiger partial charge is 0.339 e. The van der Waals surface area contributed by atoms with E-state index in [4.69, 9.17) is 4.52 Å². The van der Waals surface area contributed by atoms with E-state index in [1.54, 1.807) is 11.8 Å². The van der Waals surface area contributed by atoms with Crippen molar-refractivity contribution in [2.75, 3.05) is 16.8 Å². The molecular weight excluding hydrogens is 424 g/mol. The van der Waals surface area contributed by atoms with Crippen LogP contribution < -0.4 is 10.2 Å². The number of nitrogens with zero attached hydrogens (tertiary/aromatic N) is 3. The maximum atomic E-state index is 12.6. The molecule has 1 aliphatic rings. The fraction of sp³-hybridized carbons (Fsp3) is 0.200. The molecule has 0 aliphatic carbocycles. The highest BCUT2D eigenvalue weighted by Gasteiger charge is 2.35. The first-order chi connectivity index (χ1) is 13.5. The van der Waals surface area contributed by atoms with E-state index in [9.17, 15) is 9.59 Å².